The standard InChI is InChI=1S/C24H21FN2O3S/c1-2-30-21-10-6-5-9-20(21)27-22(28)15-31-24(27)16-11-13-17(14-12-16)26-23(29)18-7-3-4-8-19(18)25/h3-14,24H,2,15H2,1H3,(H,26,29). The zero-order chi connectivity index (χ0) is 21.8. The zero-order valence-corrected chi connectivity index (χ0v) is 17.7. The molecule has 1 aliphatic rings. The molecule has 2 amide bonds. The molecule has 3 aromatic carbocycles. The predicted octanol–water partition coefficient (Wildman–Crippen LogP) is 5.26. The molecule has 1 fully saturated rings. The molecule has 5 nitrogen and oxygen atoms in total. The molecule has 0 saturated carbocycles. The lowest BCUT2D eigenvalue weighted by Crippen LogP contribution is -2.28. The van der Waals surface area contributed by atoms with Crippen LogP contribution < -0.4 is 15.0 Å². The highest BCUT2D eigenvalue weighted by atomic mass is 32.2. The largest absolute Gasteiger partial charge is 0.492 e. The van der Waals surface area contributed by atoms with Crippen molar-refractivity contribution in [1.29, 1.82) is 0 Å². The second kappa shape index (κ2) is 9.22. The number of nitrogens with zero attached hydrogens (tertiary/aromatic N) is 1. The van der Waals surface area contributed by atoms with E-state index in [1.807, 2.05) is 43.3 Å². The quantitative estimate of drug-likeness (QED) is 0.573. The monoisotopic (exact) mass is 436 g/mol. The fraction of sp³-hybridized carbons (Fsp3) is 0.167. The SMILES string of the molecule is CCOc1ccccc1N1C(=O)CSC1c1ccc(NC(=O)c2ccccc2F)cc1. The van der Waals surface area contributed by atoms with Crippen LogP contribution in [0.3, 0.4) is 0 Å². The molecule has 31 heavy (non-hydrogen) atoms. The molecule has 0 aliphatic carbocycles. The summed E-state index contributed by atoms with van der Waals surface area (Å²) in [5.41, 5.74) is 2.20. The van der Waals surface area contributed by atoms with Crippen LogP contribution in [0.4, 0.5) is 15.8 Å². The highest BCUT2D eigenvalue weighted by Crippen LogP contribution is 2.44. The van der Waals surface area contributed by atoms with Crippen LogP contribution in [0.2, 0.25) is 0 Å². The van der Waals surface area contributed by atoms with Crippen molar-refractivity contribution in [1.82, 2.24) is 0 Å². The van der Waals surface area contributed by atoms with Gasteiger partial charge >= 0.3 is 0 Å². The summed E-state index contributed by atoms with van der Waals surface area (Å²) in [4.78, 5) is 26.8. The second-order valence-electron chi connectivity index (χ2n) is 6.88. The van der Waals surface area contributed by atoms with Crippen molar-refractivity contribution >= 4 is 35.0 Å². The molecule has 1 atom stereocenters. The lowest BCUT2D eigenvalue weighted by atomic mass is 10.1. The van der Waals surface area contributed by atoms with Gasteiger partial charge < -0.3 is 10.1 Å². The number of halogens is 1. The van der Waals surface area contributed by atoms with Gasteiger partial charge in [0.15, 0.2) is 0 Å². The molecule has 158 valence electrons. The van der Waals surface area contributed by atoms with Crippen LogP contribution in [0.1, 0.15) is 28.2 Å². The lowest BCUT2D eigenvalue weighted by molar-refractivity contribution is -0.115. The molecular formula is C24H21FN2O3S. The summed E-state index contributed by atoms with van der Waals surface area (Å²) >= 11 is 1.54. The number of anilines is 2. The van der Waals surface area contributed by atoms with Crippen LogP contribution >= 0.6 is 11.8 Å². The van der Waals surface area contributed by atoms with Gasteiger partial charge in [0.2, 0.25) is 5.91 Å². The van der Waals surface area contributed by atoms with Gasteiger partial charge in [-0.25, -0.2) is 4.39 Å². The number of thioether (sulfide) groups is 1. The van der Waals surface area contributed by atoms with Crippen molar-refractivity contribution in [3.63, 3.8) is 0 Å². The third-order valence-corrected chi connectivity index (χ3v) is 6.08. The van der Waals surface area contributed by atoms with Crippen LogP contribution in [0.25, 0.3) is 0 Å². The Hall–Kier alpha value is -3.32. The number of carbonyl (C=O) groups excluding carboxylic acids is 2. The normalized spacial score (nSPS) is 15.7. The summed E-state index contributed by atoms with van der Waals surface area (Å²) in [6.07, 6.45) is 0. The molecule has 1 N–H and O–H groups in total. The highest BCUT2D eigenvalue weighted by Gasteiger charge is 2.35. The average Bonchev–Trinajstić information content (AvgIpc) is 3.16. The van der Waals surface area contributed by atoms with E-state index in [0.29, 0.717) is 23.8 Å². The number of nitrogens with one attached hydrogen (secondary N) is 1. The van der Waals surface area contributed by atoms with E-state index in [1.54, 1.807) is 23.1 Å². The van der Waals surface area contributed by atoms with E-state index >= 15 is 0 Å². The summed E-state index contributed by atoms with van der Waals surface area (Å²) in [7, 11) is 0. The van der Waals surface area contributed by atoms with Gasteiger partial charge in [-0.3, -0.25) is 14.5 Å². The molecule has 1 unspecified atom stereocenters. The summed E-state index contributed by atoms with van der Waals surface area (Å²) in [5.74, 6) is -0.0278. The van der Waals surface area contributed by atoms with Gasteiger partial charge in [0.25, 0.3) is 5.91 Å². The molecular weight excluding hydrogens is 415 g/mol. The van der Waals surface area contributed by atoms with E-state index in [1.165, 1.54) is 30.0 Å². The number of hydrogen-bond acceptors (Lipinski definition) is 4. The molecule has 1 saturated heterocycles. The van der Waals surface area contributed by atoms with E-state index in [0.717, 1.165) is 11.3 Å². The number of amides is 2. The molecule has 0 radical (unpaired) electrons. The van der Waals surface area contributed by atoms with Gasteiger partial charge in [0, 0.05) is 5.69 Å². The molecule has 0 spiro atoms. The minimum absolute atomic E-state index is 0.0118. The van der Waals surface area contributed by atoms with Crippen LogP contribution in [-0.4, -0.2) is 24.2 Å². The zero-order valence-electron chi connectivity index (χ0n) is 16.9. The van der Waals surface area contributed by atoms with Crippen LogP contribution in [-0.2, 0) is 4.79 Å². The summed E-state index contributed by atoms with van der Waals surface area (Å²) in [6.45, 7) is 2.41. The minimum Gasteiger partial charge on any atom is -0.492 e. The number of benzene rings is 3. The Labute approximate surface area is 184 Å². The Morgan fingerprint density at radius 1 is 1.10 bits per heavy atom. The maximum Gasteiger partial charge on any atom is 0.258 e. The second-order valence-corrected chi connectivity index (χ2v) is 7.95. The van der Waals surface area contributed by atoms with Crippen molar-refractivity contribution in [3.05, 3.63) is 89.7 Å². The third kappa shape index (κ3) is 4.41. The maximum atomic E-state index is 13.8. The molecule has 1 heterocycles. The first-order chi connectivity index (χ1) is 15.1. The Morgan fingerprint density at radius 3 is 2.55 bits per heavy atom. The van der Waals surface area contributed by atoms with E-state index in [2.05, 4.69) is 5.32 Å². The van der Waals surface area contributed by atoms with Crippen molar-refractivity contribution in [2.75, 3.05) is 22.6 Å². The average molecular weight is 437 g/mol. The molecule has 7 heteroatoms. The van der Waals surface area contributed by atoms with Gasteiger partial charge in [-0.2, -0.15) is 0 Å². The minimum atomic E-state index is -0.568. The van der Waals surface area contributed by atoms with Crippen LogP contribution in [0.5, 0.6) is 5.75 Å². The van der Waals surface area contributed by atoms with E-state index in [-0.39, 0.29) is 16.8 Å². The topological polar surface area (TPSA) is 58.6 Å². The van der Waals surface area contributed by atoms with Crippen molar-refractivity contribution in [3.8, 4) is 5.75 Å². The van der Waals surface area contributed by atoms with Crippen LogP contribution in [0.15, 0.2) is 72.8 Å². The summed E-state index contributed by atoms with van der Waals surface area (Å²) in [5, 5.41) is 2.50. The molecule has 4 rings (SSSR count). The van der Waals surface area contributed by atoms with Crippen LogP contribution in [0, 0.1) is 5.82 Å². The Balaban J connectivity index is 1.55. The summed E-state index contributed by atoms with van der Waals surface area (Å²) < 4.78 is 19.5. The fourth-order valence-electron chi connectivity index (χ4n) is 3.44. The summed E-state index contributed by atoms with van der Waals surface area (Å²) in [6, 6.07) is 20.6. The third-order valence-electron chi connectivity index (χ3n) is 4.86. The number of ether oxygens (including phenoxy) is 1. The predicted molar refractivity (Wildman–Crippen MR) is 121 cm³/mol. The Bertz CT molecular complexity index is 1100. The van der Waals surface area contributed by atoms with Crippen molar-refractivity contribution in [2.24, 2.45) is 0 Å². The Kier molecular flexibility index (Phi) is 6.23. The van der Waals surface area contributed by atoms with E-state index in [9.17, 15) is 14.0 Å². The molecule has 0 bridgehead atoms. The first kappa shape index (κ1) is 20.9. The fourth-order valence-corrected chi connectivity index (χ4v) is 4.61. The van der Waals surface area contributed by atoms with E-state index in [4.69, 9.17) is 4.74 Å². The number of carbonyl (C=O) groups is 2. The molecule has 1 aliphatic heterocycles. The van der Waals surface area contributed by atoms with Gasteiger partial charge in [0.05, 0.1) is 23.6 Å². The van der Waals surface area contributed by atoms with Gasteiger partial charge in [-0.1, -0.05) is 36.4 Å². The number of para-hydroxylation sites is 2. The first-order valence-electron chi connectivity index (χ1n) is 9.90. The number of hydrogen-bond donors (Lipinski definition) is 1. The van der Waals surface area contributed by atoms with Crippen molar-refractivity contribution < 1.29 is 18.7 Å². The lowest BCUT2D eigenvalue weighted by Gasteiger charge is -2.26. The van der Waals surface area contributed by atoms with Gasteiger partial charge in [0.1, 0.15) is 16.9 Å². The maximum absolute atomic E-state index is 13.8. The number of rotatable bonds is 6. The highest BCUT2D eigenvalue weighted by molar-refractivity contribution is 8.00. The van der Waals surface area contributed by atoms with Gasteiger partial charge in [-0.15, -0.1) is 11.8 Å². The first-order valence-corrected chi connectivity index (χ1v) is 10.9. The molecule has 0 aromatic heterocycles. The van der Waals surface area contributed by atoms with Gasteiger partial charge in [-0.05, 0) is 48.9 Å². The van der Waals surface area contributed by atoms with Crippen molar-refractivity contribution in [2.45, 2.75) is 12.3 Å². The van der Waals surface area contributed by atoms with E-state index < -0.39 is 11.7 Å². The molecule has 3 aromatic rings. The smallest absolute Gasteiger partial charge is 0.258 e. The Morgan fingerprint density at radius 2 is 1.81 bits per heavy atom.